The number of anilines is 2. The molecule has 2 aromatic rings. The van der Waals surface area contributed by atoms with Crippen molar-refractivity contribution in [3.05, 3.63) is 23.8 Å². The Hall–Kier alpha value is -3.05. The van der Waals surface area contributed by atoms with E-state index in [1.54, 1.807) is 32.4 Å². The lowest BCUT2D eigenvalue weighted by atomic mass is 10.1. The Labute approximate surface area is 140 Å². The van der Waals surface area contributed by atoms with Gasteiger partial charge in [-0.1, -0.05) is 0 Å². The minimum absolute atomic E-state index is 0.000110. The van der Waals surface area contributed by atoms with E-state index in [1.165, 1.54) is 0 Å². The zero-order valence-electron chi connectivity index (χ0n) is 13.6. The number of hydrogen-bond donors (Lipinski definition) is 2. The van der Waals surface area contributed by atoms with Crippen LogP contribution in [0, 0.1) is 11.3 Å². The second-order valence-corrected chi connectivity index (χ2v) is 4.86. The summed E-state index contributed by atoms with van der Waals surface area (Å²) in [7, 11) is 3.19. The Morgan fingerprint density at radius 1 is 1.12 bits per heavy atom. The molecule has 8 nitrogen and oxygen atoms in total. The number of aromatic nitrogens is 2. The summed E-state index contributed by atoms with van der Waals surface area (Å²) in [5, 5.41) is 9.30. The van der Waals surface area contributed by atoms with Gasteiger partial charge in [0.05, 0.1) is 19.4 Å². The Morgan fingerprint density at radius 3 is 2.58 bits per heavy atom. The molecule has 0 saturated carbocycles. The fourth-order valence-corrected chi connectivity index (χ4v) is 2.14. The van der Waals surface area contributed by atoms with Crippen molar-refractivity contribution in [1.82, 2.24) is 9.97 Å². The van der Waals surface area contributed by atoms with Crippen molar-refractivity contribution in [2.24, 2.45) is 0 Å². The number of nitriles is 1. The Bertz CT molecular complexity index is 758. The molecule has 0 unspecified atom stereocenters. The Kier molecular flexibility index (Phi) is 5.76. The van der Waals surface area contributed by atoms with Gasteiger partial charge in [-0.3, -0.25) is 0 Å². The average Bonchev–Trinajstić information content (AvgIpc) is 2.58. The van der Waals surface area contributed by atoms with Crippen LogP contribution in [-0.4, -0.2) is 37.4 Å². The molecule has 0 aliphatic rings. The van der Waals surface area contributed by atoms with Crippen LogP contribution in [0.2, 0.25) is 0 Å². The maximum atomic E-state index is 9.30. The summed E-state index contributed by atoms with van der Waals surface area (Å²) in [6, 6.07) is 7.22. The van der Waals surface area contributed by atoms with Crippen LogP contribution in [0.15, 0.2) is 18.2 Å². The van der Waals surface area contributed by atoms with Crippen LogP contribution in [0.25, 0.3) is 11.3 Å². The molecular weight excluding hydrogens is 310 g/mol. The van der Waals surface area contributed by atoms with Gasteiger partial charge in [-0.25, -0.2) is 4.98 Å². The monoisotopic (exact) mass is 329 g/mol. The summed E-state index contributed by atoms with van der Waals surface area (Å²) in [5.74, 6) is 1.15. The van der Waals surface area contributed by atoms with Gasteiger partial charge in [-0.05, 0) is 18.2 Å². The van der Waals surface area contributed by atoms with Gasteiger partial charge in [0.15, 0.2) is 11.5 Å². The quantitative estimate of drug-likeness (QED) is 0.733. The minimum Gasteiger partial charge on any atom is -0.493 e. The highest BCUT2D eigenvalue weighted by Gasteiger charge is 2.15. The fraction of sp³-hybridized carbons (Fsp3) is 0.312. The third-order valence-electron chi connectivity index (χ3n) is 3.25. The van der Waals surface area contributed by atoms with Gasteiger partial charge in [0.1, 0.15) is 17.5 Å². The minimum atomic E-state index is -0.000110. The summed E-state index contributed by atoms with van der Waals surface area (Å²) in [4.78, 5) is 7.94. The van der Waals surface area contributed by atoms with Crippen molar-refractivity contribution in [1.29, 1.82) is 5.26 Å². The first-order valence-electron chi connectivity index (χ1n) is 7.24. The van der Waals surface area contributed by atoms with Crippen LogP contribution >= 0.6 is 0 Å². The number of ether oxygens (including phenoxy) is 3. The van der Waals surface area contributed by atoms with Crippen LogP contribution in [0.5, 0.6) is 11.5 Å². The van der Waals surface area contributed by atoms with Crippen molar-refractivity contribution in [2.45, 2.75) is 6.42 Å². The van der Waals surface area contributed by atoms with E-state index in [1.807, 2.05) is 6.07 Å². The van der Waals surface area contributed by atoms with E-state index in [0.717, 1.165) is 6.42 Å². The number of nitrogen functional groups attached to an aromatic ring is 2. The van der Waals surface area contributed by atoms with Crippen LogP contribution < -0.4 is 20.9 Å². The molecule has 1 aromatic heterocycles. The van der Waals surface area contributed by atoms with Crippen molar-refractivity contribution >= 4 is 11.8 Å². The van der Waals surface area contributed by atoms with Crippen LogP contribution in [0.3, 0.4) is 0 Å². The molecule has 8 heteroatoms. The standard InChI is InChI=1S/C16H19N5O3/c1-22-6-3-7-24-13-8-10(4-5-12(13)23-2)14-11(9-17)15(18)21-16(19)20-14/h4-5,8H,3,6-7H2,1-2H3,(H4,18,19,20,21). The largest absolute Gasteiger partial charge is 0.493 e. The first-order chi connectivity index (χ1) is 11.6. The predicted octanol–water partition coefficient (Wildman–Crippen LogP) is 1.60. The Morgan fingerprint density at radius 2 is 1.92 bits per heavy atom. The number of rotatable bonds is 7. The smallest absolute Gasteiger partial charge is 0.222 e. The molecule has 24 heavy (non-hydrogen) atoms. The fourth-order valence-electron chi connectivity index (χ4n) is 2.14. The first kappa shape index (κ1) is 17.3. The number of benzene rings is 1. The summed E-state index contributed by atoms with van der Waals surface area (Å²) in [6.45, 7) is 1.06. The van der Waals surface area contributed by atoms with Crippen molar-refractivity contribution in [3.8, 4) is 28.8 Å². The maximum Gasteiger partial charge on any atom is 0.222 e. The predicted molar refractivity (Wildman–Crippen MR) is 89.5 cm³/mol. The van der Waals surface area contributed by atoms with Crippen LogP contribution in [0.4, 0.5) is 11.8 Å². The van der Waals surface area contributed by atoms with E-state index in [2.05, 4.69) is 9.97 Å². The SMILES string of the molecule is COCCCOc1cc(-c2nc(N)nc(N)c2C#N)ccc1OC. The van der Waals surface area contributed by atoms with E-state index in [4.69, 9.17) is 25.7 Å². The zero-order valence-corrected chi connectivity index (χ0v) is 13.6. The topological polar surface area (TPSA) is 129 Å². The molecule has 0 radical (unpaired) electrons. The lowest BCUT2D eigenvalue weighted by Crippen LogP contribution is -2.06. The van der Waals surface area contributed by atoms with E-state index >= 15 is 0 Å². The van der Waals surface area contributed by atoms with Crippen LogP contribution in [0.1, 0.15) is 12.0 Å². The third kappa shape index (κ3) is 3.83. The summed E-state index contributed by atoms with van der Waals surface area (Å²) < 4.78 is 16.0. The zero-order chi connectivity index (χ0) is 17.5. The van der Waals surface area contributed by atoms with Gasteiger partial charge in [0.25, 0.3) is 0 Å². The molecule has 0 amide bonds. The van der Waals surface area contributed by atoms with Gasteiger partial charge in [0.2, 0.25) is 5.95 Å². The van der Waals surface area contributed by atoms with Gasteiger partial charge < -0.3 is 25.7 Å². The van der Waals surface area contributed by atoms with E-state index < -0.39 is 0 Å². The average molecular weight is 329 g/mol. The second kappa shape index (κ2) is 7.99. The molecule has 126 valence electrons. The molecule has 1 heterocycles. The molecule has 0 saturated heterocycles. The van der Waals surface area contributed by atoms with Crippen LogP contribution in [-0.2, 0) is 4.74 Å². The maximum absolute atomic E-state index is 9.30. The molecule has 0 aliphatic carbocycles. The lowest BCUT2D eigenvalue weighted by Gasteiger charge is -2.13. The van der Waals surface area contributed by atoms with E-state index in [9.17, 15) is 5.26 Å². The van der Waals surface area contributed by atoms with E-state index in [-0.39, 0.29) is 17.3 Å². The third-order valence-corrected chi connectivity index (χ3v) is 3.25. The normalized spacial score (nSPS) is 10.2. The van der Waals surface area contributed by atoms with E-state index in [0.29, 0.717) is 36.0 Å². The second-order valence-electron chi connectivity index (χ2n) is 4.86. The lowest BCUT2D eigenvalue weighted by molar-refractivity contribution is 0.170. The highest BCUT2D eigenvalue weighted by Crippen LogP contribution is 2.34. The number of methoxy groups -OCH3 is 2. The van der Waals surface area contributed by atoms with Gasteiger partial charge >= 0.3 is 0 Å². The summed E-state index contributed by atoms with van der Waals surface area (Å²) >= 11 is 0. The van der Waals surface area contributed by atoms with Crippen molar-refractivity contribution < 1.29 is 14.2 Å². The molecule has 2 rings (SSSR count). The van der Waals surface area contributed by atoms with Gasteiger partial charge in [-0.2, -0.15) is 10.2 Å². The first-order valence-corrected chi connectivity index (χ1v) is 7.24. The Balaban J connectivity index is 2.40. The molecular formula is C16H19N5O3. The van der Waals surface area contributed by atoms with Crippen molar-refractivity contribution in [2.75, 3.05) is 38.9 Å². The molecule has 0 atom stereocenters. The van der Waals surface area contributed by atoms with Gasteiger partial charge in [0, 0.05) is 25.7 Å². The van der Waals surface area contributed by atoms with Gasteiger partial charge in [-0.15, -0.1) is 0 Å². The molecule has 0 fully saturated rings. The highest BCUT2D eigenvalue weighted by molar-refractivity contribution is 5.74. The molecule has 4 N–H and O–H groups in total. The number of nitrogens with two attached hydrogens (primary N) is 2. The molecule has 0 aliphatic heterocycles. The summed E-state index contributed by atoms with van der Waals surface area (Å²) in [6.07, 6.45) is 0.737. The molecule has 0 spiro atoms. The summed E-state index contributed by atoms with van der Waals surface area (Å²) in [5.41, 5.74) is 12.6. The molecule has 0 bridgehead atoms. The molecule has 1 aromatic carbocycles. The highest BCUT2D eigenvalue weighted by atomic mass is 16.5. The van der Waals surface area contributed by atoms with Crippen molar-refractivity contribution in [3.63, 3.8) is 0 Å². The number of nitrogens with zero attached hydrogens (tertiary/aromatic N) is 3. The number of hydrogen-bond acceptors (Lipinski definition) is 8.